The number of ether oxygens (including phenoxy) is 3. The van der Waals surface area contributed by atoms with Crippen molar-refractivity contribution in [3.63, 3.8) is 0 Å². The van der Waals surface area contributed by atoms with Crippen LogP contribution in [0.25, 0.3) is 0 Å². The molecule has 0 N–H and O–H groups in total. The molecule has 0 aliphatic heterocycles. The first-order valence-corrected chi connectivity index (χ1v) is 9.14. The zero-order valence-corrected chi connectivity index (χ0v) is 16.8. The molecule has 144 valence electrons. The first-order chi connectivity index (χ1) is 12.4. The van der Waals surface area contributed by atoms with Crippen molar-refractivity contribution in [2.45, 2.75) is 32.7 Å². The summed E-state index contributed by atoms with van der Waals surface area (Å²) in [5.41, 5.74) is 2.83. The number of carbonyl (C=O) groups is 1. The Balaban J connectivity index is 2.25. The molecule has 26 heavy (non-hydrogen) atoms. The van der Waals surface area contributed by atoms with Crippen LogP contribution in [0.5, 0.6) is 11.5 Å². The van der Waals surface area contributed by atoms with Crippen molar-refractivity contribution >= 4 is 5.78 Å². The van der Waals surface area contributed by atoms with Crippen LogP contribution in [0.4, 0.5) is 0 Å². The van der Waals surface area contributed by atoms with E-state index in [4.69, 9.17) is 14.2 Å². The molecule has 0 heterocycles. The molecular weight excluding hydrogens is 330 g/mol. The highest BCUT2D eigenvalue weighted by Crippen LogP contribution is 2.40. The van der Waals surface area contributed by atoms with Gasteiger partial charge in [-0.3, -0.25) is 4.79 Å². The summed E-state index contributed by atoms with van der Waals surface area (Å²) in [7, 11) is 7.38. The third kappa shape index (κ3) is 4.86. The average Bonchev–Trinajstić information content (AvgIpc) is 3.38. The van der Waals surface area contributed by atoms with E-state index in [1.807, 2.05) is 6.07 Å². The molecule has 2 rings (SSSR count). The van der Waals surface area contributed by atoms with E-state index < -0.39 is 0 Å². The van der Waals surface area contributed by atoms with Gasteiger partial charge in [0.1, 0.15) is 0 Å². The Morgan fingerprint density at radius 1 is 1.19 bits per heavy atom. The number of benzene rings is 1. The lowest BCUT2D eigenvalue weighted by Crippen LogP contribution is -2.16. The van der Waals surface area contributed by atoms with Crippen molar-refractivity contribution in [2.75, 3.05) is 41.5 Å². The van der Waals surface area contributed by atoms with Gasteiger partial charge in [-0.25, -0.2) is 0 Å². The summed E-state index contributed by atoms with van der Waals surface area (Å²) in [6.45, 7) is 5.31. The van der Waals surface area contributed by atoms with Crippen LogP contribution in [0.2, 0.25) is 0 Å². The summed E-state index contributed by atoms with van der Waals surface area (Å²) in [4.78, 5) is 15.3. The largest absolute Gasteiger partial charge is 0.493 e. The van der Waals surface area contributed by atoms with Crippen LogP contribution in [0.3, 0.4) is 0 Å². The van der Waals surface area contributed by atoms with Crippen molar-refractivity contribution in [1.29, 1.82) is 0 Å². The summed E-state index contributed by atoms with van der Waals surface area (Å²) in [5.74, 6) is 1.51. The number of hydrogen-bond acceptors (Lipinski definition) is 5. The number of ketones is 1. The van der Waals surface area contributed by atoms with Gasteiger partial charge in [-0.15, -0.1) is 0 Å². The average molecular weight is 361 g/mol. The monoisotopic (exact) mass is 361 g/mol. The van der Waals surface area contributed by atoms with Gasteiger partial charge in [-0.1, -0.05) is 13.8 Å². The van der Waals surface area contributed by atoms with Crippen LogP contribution in [0.1, 0.15) is 37.0 Å². The zero-order chi connectivity index (χ0) is 19.3. The Bertz CT molecular complexity index is 664. The van der Waals surface area contributed by atoms with E-state index in [9.17, 15) is 4.79 Å². The van der Waals surface area contributed by atoms with E-state index in [1.165, 1.54) is 5.57 Å². The summed E-state index contributed by atoms with van der Waals surface area (Å²) in [5, 5.41) is 0. The summed E-state index contributed by atoms with van der Waals surface area (Å²) in [6.07, 6.45) is 1.76. The molecule has 0 amide bonds. The van der Waals surface area contributed by atoms with Crippen molar-refractivity contribution in [3.05, 3.63) is 34.9 Å². The van der Waals surface area contributed by atoms with Gasteiger partial charge in [0.05, 0.1) is 13.7 Å². The molecular formula is C21H31NO4. The highest BCUT2D eigenvalue weighted by Gasteiger charge is 2.37. The molecule has 1 aromatic rings. The van der Waals surface area contributed by atoms with Gasteiger partial charge in [-0.05, 0) is 50.2 Å². The third-order valence-corrected chi connectivity index (χ3v) is 4.62. The molecule has 0 aromatic heterocycles. The molecule has 0 spiro atoms. The maximum absolute atomic E-state index is 13.2. The number of Topliss-reactive ketones (excluding diaryl/α,β-unsaturated/α-hetero) is 1. The van der Waals surface area contributed by atoms with E-state index in [2.05, 4.69) is 32.8 Å². The Labute approximate surface area is 156 Å². The smallest absolute Gasteiger partial charge is 0.189 e. The van der Waals surface area contributed by atoms with Crippen LogP contribution in [-0.4, -0.2) is 58.3 Å². The highest BCUT2D eigenvalue weighted by atomic mass is 16.5. The van der Waals surface area contributed by atoms with E-state index >= 15 is 0 Å². The molecule has 1 aliphatic rings. The normalized spacial score (nSPS) is 18.2. The van der Waals surface area contributed by atoms with E-state index in [0.29, 0.717) is 36.3 Å². The maximum Gasteiger partial charge on any atom is 0.189 e. The fourth-order valence-electron chi connectivity index (χ4n) is 3.18. The lowest BCUT2D eigenvalue weighted by molar-refractivity contribution is 0.102. The second kappa shape index (κ2) is 9.19. The number of likely N-dealkylation sites (N-methyl/N-ethyl adjacent to an activating group) is 1. The minimum Gasteiger partial charge on any atom is -0.493 e. The van der Waals surface area contributed by atoms with E-state index in [1.54, 1.807) is 26.4 Å². The molecule has 0 radical (unpaired) electrons. The maximum atomic E-state index is 13.2. The molecule has 5 nitrogen and oxygen atoms in total. The topological polar surface area (TPSA) is 48.0 Å². The van der Waals surface area contributed by atoms with E-state index in [0.717, 1.165) is 18.4 Å². The standard InChI is InChI=1S/C21H31NO4/c1-14(2)20(16-13-17(16)22(3)4)21(23)15-8-9-18(25-6)19(12-15)26-11-7-10-24-5/h8-9,12,14,17H,7,10-11,13H2,1-6H3/b20-16+. The Kier molecular flexibility index (Phi) is 7.23. The highest BCUT2D eigenvalue weighted by molar-refractivity contribution is 6.10. The summed E-state index contributed by atoms with van der Waals surface area (Å²) < 4.78 is 16.2. The van der Waals surface area contributed by atoms with Crippen molar-refractivity contribution < 1.29 is 19.0 Å². The minimum absolute atomic E-state index is 0.0868. The first kappa shape index (κ1) is 20.5. The van der Waals surface area contributed by atoms with Crippen LogP contribution < -0.4 is 9.47 Å². The van der Waals surface area contributed by atoms with Gasteiger partial charge < -0.3 is 19.1 Å². The molecule has 1 saturated carbocycles. The molecule has 1 atom stereocenters. The summed E-state index contributed by atoms with van der Waals surface area (Å²) >= 11 is 0. The van der Waals surface area contributed by atoms with Crippen molar-refractivity contribution in [3.8, 4) is 11.5 Å². The Morgan fingerprint density at radius 2 is 1.92 bits per heavy atom. The fourth-order valence-corrected chi connectivity index (χ4v) is 3.18. The SMILES string of the molecule is COCCCOc1cc(C(=O)/C(=C2\CC2N(C)C)C(C)C)ccc1OC. The number of hydrogen-bond donors (Lipinski definition) is 0. The van der Waals surface area contributed by atoms with Crippen LogP contribution in [-0.2, 0) is 4.74 Å². The molecule has 0 bridgehead atoms. The van der Waals surface area contributed by atoms with Crippen LogP contribution in [0.15, 0.2) is 29.3 Å². The Hall–Kier alpha value is -1.85. The number of allylic oxidation sites excluding steroid dienone is 1. The number of methoxy groups -OCH3 is 2. The van der Waals surface area contributed by atoms with Gasteiger partial charge in [0.25, 0.3) is 0 Å². The minimum atomic E-state index is 0.0868. The lowest BCUT2D eigenvalue weighted by Gasteiger charge is -2.15. The van der Waals surface area contributed by atoms with Gasteiger partial charge in [0, 0.05) is 37.3 Å². The second-order valence-corrected chi connectivity index (χ2v) is 7.17. The second-order valence-electron chi connectivity index (χ2n) is 7.17. The number of rotatable bonds is 10. The predicted molar refractivity (Wildman–Crippen MR) is 103 cm³/mol. The molecule has 5 heteroatoms. The van der Waals surface area contributed by atoms with Gasteiger partial charge >= 0.3 is 0 Å². The number of carbonyl (C=O) groups excluding carboxylic acids is 1. The summed E-state index contributed by atoms with van der Waals surface area (Å²) in [6, 6.07) is 5.81. The van der Waals surface area contributed by atoms with Gasteiger partial charge in [0.15, 0.2) is 17.3 Å². The van der Waals surface area contributed by atoms with Gasteiger partial charge in [0.2, 0.25) is 0 Å². The number of nitrogens with zero attached hydrogens (tertiary/aromatic N) is 1. The Morgan fingerprint density at radius 3 is 2.46 bits per heavy atom. The first-order valence-electron chi connectivity index (χ1n) is 9.14. The zero-order valence-electron chi connectivity index (χ0n) is 16.8. The molecule has 0 saturated heterocycles. The van der Waals surface area contributed by atoms with Crippen LogP contribution >= 0.6 is 0 Å². The molecule has 1 unspecified atom stereocenters. The van der Waals surface area contributed by atoms with Crippen molar-refractivity contribution in [1.82, 2.24) is 4.90 Å². The quantitative estimate of drug-likeness (QED) is 0.362. The predicted octanol–water partition coefficient (Wildman–Crippen LogP) is 3.58. The van der Waals surface area contributed by atoms with Crippen LogP contribution in [0, 0.1) is 5.92 Å². The lowest BCUT2D eigenvalue weighted by atomic mass is 9.93. The third-order valence-electron chi connectivity index (χ3n) is 4.62. The fraction of sp³-hybridized carbons (Fsp3) is 0.571. The van der Waals surface area contributed by atoms with E-state index in [-0.39, 0.29) is 11.7 Å². The molecule has 1 aromatic carbocycles. The molecule has 1 aliphatic carbocycles. The van der Waals surface area contributed by atoms with Crippen molar-refractivity contribution in [2.24, 2.45) is 5.92 Å². The van der Waals surface area contributed by atoms with Gasteiger partial charge in [-0.2, -0.15) is 0 Å². The molecule has 1 fully saturated rings.